The summed E-state index contributed by atoms with van der Waals surface area (Å²) in [4.78, 5) is 0. The summed E-state index contributed by atoms with van der Waals surface area (Å²) in [6.07, 6.45) is 38.5. The van der Waals surface area contributed by atoms with Gasteiger partial charge in [0.1, 0.15) is 12.4 Å². The van der Waals surface area contributed by atoms with Gasteiger partial charge in [-0.2, -0.15) is 0 Å². The third-order valence-electron chi connectivity index (χ3n) is 7.60. The van der Waals surface area contributed by atoms with Crippen LogP contribution in [0.25, 0.3) is 0 Å². The summed E-state index contributed by atoms with van der Waals surface area (Å²) in [6, 6.07) is 0. The number of hydrogen-bond donors (Lipinski definition) is 0. The van der Waals surface area contributed by atoms with Gasteiger partial charge in [-0.25, -0.2) is 9.13 Å². The van der Waals surface area contributed by atoms with E-state index >= 15 is 0 Å². The van der Waals surface area contributed by atoms with E-state index in [2.05, 4.69) is 42.3 Å². The van der Waals surface area contributed by atoms with E-state index < -0.39 is 0 Å². The molecule has 0 bridgehead atoms. The van der Waals surface area contributed by atoms with Crippen molar-refractivity contribution in [1.82, 2.24) is 4.57 Å². The van der Waals surface area contributed by atoms with Gasteiger partial charge in [-0.3, -0.25) is 0 Å². The summed E-state index contributed by atoms with van der Waals surface area (Å²) in [5, 5.41) is 0. The zero-order valence-corrected chi connectivity index (χ0v) is 23.9. The molecule has 0 N–H and O–H groups in total. The highest BCUT2D eigenvalue weighted by atomic mass is 15.1. The Morgan fingerprint density at radius 3 is 1.41 bits per heavy atom. The van der Waals surface area contributed by atoms with Crippen LogP contribution in [-0.4, -0.2) is 4.57 Å². The minimum atomic E-state index is 1.22. The molecule has 2 heteroatoms. The Bertz CT molecular complexity index is 533. The highest BCUT2D eigenvalue weighted by molar-refractivity contribution is 4.84. The van der Waals surface area contributed by atoms with Gasteiger partial charge in [0.25, 0.3) is 5.82 Å². The van der Waals surface area contributed by atoms with E-state index in [1.54, 1.807) is 5.82 Å². The van der Waals surface area contributed by atoms with Gasteiger partial charge in [-0.1, -0.05) is 136 Å². The lowest BCUT2D eigenvalue weighted by Gasteiger charge is -2.07. The Hall–Kier alpha value is -0.790. The number of imidazole rings is 1. The van der Waals surface area contributed by atoms with Crippen molar-refractivity contribution in [1.29, 1.82) is 0 Å². The quantitative estimate of drug-likeness (QED) is 0.0930. The second-order valence-electron chi connectivity index (χ2n) is 10.9. The van der Waals surface area contributed by atoms with Crippen molar-refractivity contribution in [2.75, 3.05) is 0 Å². The standard InChI is InChI=1S/C32H63N2/c1-4-7-10-13-15-16-17-18-19-21-23-26-29-34-31-30-33(28-25-12-9-6-3)32(34)27-24-22-20-14-11-8-5-2/h30-31H,4-29H2,1-3H3/q+1. The van der Waals surface area contributed by atoms with Crippen LogP contribution in [0.15, 0.2) is 12.4 Å². The molecule has 0 amide bonds. The summed E-state index contributed by atoms with van der Waals surface area (Å²) in [5.41, 5.74) is 0. The van der Waals surface area contributed by atoms with E-state index in [4.69, 9.17) is 0 Å². The summed E-state index contributed by atoms with van der Waals surface area (Å²) in [6.45, 7) is 9.37. The molecule has 0 aliphatic heterocycles. The van der Waals surface area contributed by atoms with Gasteiger partial charge in [0.2, 0.25) is 0 Å². The average Bonchev–Trinajstić information content (AvgIpc) is 3.23. The number of aryl methyl sites for hydroxylation is 2. The van der Waals surface area contributed by atoms with Crippen LogP contribution in [0.4, 0.5) is 0 Å². The molecule has 0 fully saturated rings. The Balaban J connectivity index is 2.26. The largest absolute Gasteiger partial charge is 0.256 e. The second kappa shape index (κ2) is 23.9. The minimum absolute atomic E-state index is 1.22. The molecule has 1 aromatic rings. The van der Waals surface area contributed by atoms with E-state index in [-0.39, 0.29) is 0 Å². The molecule has 1 heterocycles. The van der Waals surface area contributed by atoms with Gasteiger partial charge in [0.15, 0.2) is 0 Å². The molecule has 0 unspecified atom stereocenters. The molecule has 1 aromatic heterocycles. The van der Waals surface area contributed by atoms with Crippen LogP contribution >= 0.6 is 0 Å². The molecular formula is C32H63N2+. The molecule has 0 saturated heterocycles. The predicted octanol–water partition coefficient (Wildman–Crippen LogP) is 10.4. The lowest BCUT2D eigenvalue weighted by Crippen LogP contribution is -2.37. The van der Waals surface area contributed by atoms with Crippen molar-refractivity contribution >= 4 is 0 Å². The fourth-order valence-corrected chi connectivity index (χ4v) is 5.26. The molecule has 0 atom stereocenters. The van der Waals surface area contributed by atoms with Crippen LogP contribution in [0.1, 0.15) is 174 Å². The molecular weight excluding hydrogens is 412 g/mol. The lowest BCUT2D eigenvalue weighted by molar-refractivity contribution is -0.704. The maximum absolute atomic E-state index is 2.60. The van der Waals surface area contributed by atoms with Crippen LogP contribution in [0.5, 0.6) is 0 Å². The van der Waals surface area contributed by atoms with Crippen LogP contribution in [0.2, 0.25) is 0 Å². The normalized spacial score (nSPS) is 11.5. The van der Waals surface area contributed by atoms with Gasteiger partial charge >= 0.3 is 0 Å². The number of aromatic nitrogens is 2. The zero-order valence-electron chi connectivity index (χ0n) is 23.9. The molecule has 0 saturated carbocycles. The first-order chi connectivity index (χ1) is 16.8. The van der Waals surface area contributed by atoms with E-state index in [0.29, 0.717) is 0 Å². The first kappa shape index (κ1) is 31.2. The van der Waals surface area contributed by atoms with E-state index in [0.717, 1.165) is 0 Å². The molecule has 0 radical (unpaired) electrons. The van der Waals surface area contributed by atoms with Gasteiger partial charge < -0.3 is 0 Å². The van der Waals surface area contributed by atoms with Crippen molar-refractivity contribution in [3.8, 4) is 0 Å². The average molecular weight is 476 g/mol. The van der Waals surface area contributed by atoms with Gasteiger partial charge in [0.05, 0.1) is 13.1 Å². The van der Waals surface area contributed by atoms with Crippen LogP contribution in [0, 0.1) is 0 Å². The maximum atomic E-state index is 2.60. The van der Waals surface area contributed by atoms with Gasteiger partial charge in [-0.15, -0.1) is 0 Å². The lowest BCUT2D eigenvalue weighted by atomic mass is 10.1. The summed E-state index contributed by atoms with van der Waals surface area (Å²) in [5.74, 6) is 1.60. The van der Waals surface area contributed by atoms with Gasteiger partial charge in [0, 0.05) is 6.42 Å². The Kier molecular flexibility index (Phi) is 22.0. The Labute approximate surface area is 215 Å². The summed E-state index contributed by atoms with van der Waals surface area (Å²) >= 11 is 0. The Morgan fingerprint density at radius 1 is 0.500 bits per heavy atom. The first-order valence-corrected chi connectivity index (χ1v) is 15.9. The topological polar surface area (TPSA) is 8.81 Å². The fraction of sp³-hybridized carbons (Fsp3) is 0.906. The van der Waals surface area contributed by atoms with E-state index in [1.807, 2.05) is 0 Å². The second-order valence-corrected chi connectivity index (χ2v) is 10.9. The summed E-state index contributed by atoms with van der Waals surface area (Å²) in [7, 11) is 0. The number of hydrogen-bond acceptors (Lipinski definition) is 0. The van der Waals surface area contributed by atoms with Crippen molar-refractivity contribution < 1.29 is 4.57 Å². The van der Waals surface area contributed by atoms with Crippen molar-refractivity contribution in [3.05, 3.63) is 18.2 Å². The van der Waals surface area contributed by atoms with Gasteiger partial charge in [-0.05, 0) is 32.1 Å². The minimum Gasteiger partial charge on any atom is -0.234 e. The third kappa shape index (κ3) is 16.8. The van der Waals surface area contributed by atoms with E-state index in [1.165, 1.54) is 167 Å². The predicted molar refractivity (Wildman–Crippen MR) is 152 cm³/mol. The number of rotatable bonds is 26. The molecule has 34 heavy (non-hydrogen) atoms. The molecule has 0 aromatic carbocycles. The third-order valence-corrected chi connectivity index (χ3v) is 7.60. The molecule has 0 aliphatic rings. The molecule has 2 nitrogen and oxygen atoms in total. The highest BCUT2D eigenvalue weighted by Crippen LogP contribution is 2.13. The molecule has 200 valence electrons. The van der Waals surface area contributed by atoms with Crippen molar-refractivity contribution in [2.45, 2.75) is 188 Å². The molecule has 0 aliphatic carbocycles. The van der Waals surface area contributed by atoms with Crippen molar-refractivity contribution in [2.24, 2.45) is 0 Å². The maximum Gasteiger partial charge on any atom is 0.256 e. The van der Waals surface area contributed by atoms with Crippen LogP contribution in [0.3, 0.4) is 0 Å². The molecule has 0 spiro atoms. The van der Waals surface area contributed by atoms with Crippen LogP contribution < -0.4 is 4.57 Å². The fourth-order valence-electron chi connectivity index (χ4n) is 5.26. The highest BCUT2D eigenvalue weighted by Gasteiger charge is 2.16. The zero-order chi connectivity index (χ0) is 24.5. The Morgan fingerprint density at radius 2 is 0.912 bits per heavy atom. The SMILES string of the molecule is CCCCCCCCCCCCCC[n+]1ccn(CCCCCC)c1CCCCCCCCC. The van der Waals surface area contributed by atoms with E-state index in [9.17, 15) is 0 Å². The van der Waals surface area contributed by atoms with Crippen LogP contribution in [-0.2, 0) is 19.5 Å². The summed E-state index contributed by atoms with van der Waals surface area (Å²) < 4.78 is 5.19. The number of unbranched alkanes of at least 4 members (excludes halogenated alkanes) is 20. The smallest absolute Gasteiger partial charge is 0.234 e. The first-order valence-electron chi connectivity index (χ1n) is 15.9. The number of nitrogens with zero attached hydrogens (tertiary/aromatic N) is 2. The monoisotopic (exact) mass is 475 g/mol. The molecule has 1 rings (SSSR count). The van der Waals surface area contributed by atoms with Crippen molar-refractivity contribution in [3.63, 3.8) is 0 Å².